The molecule has 0 saturated carbocycles. The summed E-state index contributed by atoms with van der Waals surface area (Å²) in [6.45, 7) is 1.33. The lowest BCUT2D eigenvalue weighted by Crippen LogP contribution is -2.25. The molecule has 0 unspecified atom stereocenters. The van der Waals surface area contributed by atoms with Gasteiger partial charge in [-0.25, -0.2) is 0 Å². The van der Waals surface area contributed by atoms with E-state index in [1.165, 1.54) is 6.92 Å². The first-order chi connectivity index (χ1) is 14.0. The van der Waals surface area contributed by atoms with Crippen LogP contribution in [0.1, 0.15) is 49.1 Å². The molecule has 0 saturated heterocycles. The van der Waals surface area contributed by atoms with Crippen LogP contribution in [0.3, 0.4) is 0 Å². The monoisotopic (exact) mass is 384 g/mol. The quantitative estimate of drug-likeness (QED) is 0.564. The summed E-state index contributed by atoms with van der Waals surface area (Å²) in [5.74, 6) is -1.48. The number of carbonyl (C=O) groups is 4. The second-order valence-electron chi connectivity index (χ2n) is 6.62. The SMILES string of the molecule is CC(=O)Nc1cccc2c1C(=O)c1cccc(NC(=O)c3ccccc3)c1C2=O. The maximum Gasteiger partial charge on any atom is 0.255 e. The smallest absolute Gasteiger partial charge is 0.255 e. The van der Waals surface area contributed by atoms with Crippen molar-refractivity contribution in [2.24, 2.45) is 0 Å². The highest BCUT2D eigenvalue weighted by molar-refractivity contribution is 6.32. The van der Waals surface area contributed by atoms with Crippen molar-refractivity contribution in [3.63, 3.8) is 0 Å². The van der Waals surface area contributed by atoms with Crippen LogP contribution in [-0.4, -0.2) is 23.4 Å². The van der Waals surface area contributed by atoms with E-state index in [2.05, 4.69) is 10.6 Å². The fourth-order valence-electron chi connectivity index (χ4n) is 3.42. The number of amides is 2. The Bertz CT molecular complexity index is 1180. The van der Waals surface area contributed by atoms with Crippen LogP contribution in [0.2, 0.25) is 0 Å². The van der Waals surface area contributed by atoms with Crippen LogP contribution < -0.4 is 10.6 Å². The molecule has 3 aromatic rings. The van der Waals surface area contributed by atoms with Crippen LogP contribution in [0.4, 0.5) is 11.4 Å². The first-order valence-corrected chi connectivity index (χ1v) is 8.97. The van der Waals surface area contributed by atoms with Crippen LogP contribution in [0.5, 0.6) is 0 Å². The van der Waals surface area contributed by atoms with Crippen molar-refractivity contribution in [1.29, 1.82) is 0 Å². The normalized spacial score (nSPS) is 12.0. The predicted octanol–water partition coefficient (Wildman–Crippen LogP) is 3.67. The summed E-state index contributed by atoms with van der Waals surface area (Å²) in [5.41, 5.74) is 1.68. The summed E-state index contributed by atoms with van der Waals surface area (Å²) in [6.07, 6.45) is 0. The Kier molecular flexibility index (Phi) is 4.52. The van der Waals surface area contributed by atoms with E-state index < -0.39 is 0 Å². The summed E-state index contributed by atoms with van der Waals surface area (Å²) in [6, 6.07) is 18.1. The first kappa shape index (κ1) is 18.3. The molecule has 3 aromatic carbocycles. The first-order valence-electron chi connectivity index (χ1n) is 8.97. The highest BCUT2D eigenvalue weighted by atomic mass is 16.2. The molecule has 0 radical (unpaired) electrons. The highest BCUT2D eigenvalue weighted by Crippen LogP contribution is 2.35. The third kappa shape index (κ3) is 3.21. The van der Waals surface area contributed by atoms with Crippen molar-refractivity contribution >= 4 is 34.8 Å². The van der Waals surface area contributed by atoms with E-state index in [4.69, 9.17) is 0 Å². The third-order valence-corrected chi connectivity index (χ3v) is 4.67. The standard InChI is InChI=1S/C23H16N2O4/c1-13(26)24-17-11-5-9-15-19(17)21(27)16-10-6-12-18(20(16)22(15)28)25-23(29)14-7-3-2-4-8-14/h2-12H,1H3,(H,24,26)(H,25,29). The van der Waals surface area contributed by atoms with Crippen LogP contribution in [0.25, 0.3) is 0 Å². The molecule has 0 spiro atoms. The van der Waals surface area contributed by atoms with Crippen molar-refractivity contribution in [2.75, 3.05) is 10.6 Å². The summed E-state index contributed by atoms with van der Waals surface area (Å²) in [5, 5.41) is 5.33. The van der Waals surface area contributed by atoms with E-state index in [0.717, 1.165) is 0 Å². The van der Waals surface area contributed by atoms with Gasteiger partial charge in [-0.2, -0.15) is 0 Å². The Morgan fingerprint density at radius 2 is 1.17 bits per heavy atom. The second-order valence-corrected chi connectivity index (χ2v) is 6.62. The van der Waals surface area contributed by atoms with Gasteiger partial charge in [-0.05, 0) is 24.3 Å². The zero-order valence-corrected chi connectivity index (χ0v) is 15.5. The number of fused-ring (bicyclic) bond motifs is 2. The minimum Gasteiger partial charge on any atom is -0.326 e. The predicted molar refractivity (Wildman–Crippen MR) is 108 cm³/mol. The van der Waals surface area contributed by atoms with E-state index >= 15 is 0 Å². The number of nitrogens with one attached hydrogen (secondary N) is 2. The highest BCUT2D eigenvalue weighted by Gasteiger charge is 2.34. The van der Waals surface area contributed by atoms with Crippen molar-refractivity contribution in [3.8, 4) is 0 Å². The largest absolute Gasteiger partial charge is 0.326 e. The molecule has 0 aliphatic heterocycles. The van der Waals surface area contributed by atoms with Gasteiger partial charge < -0.3 is 10.6 Å². The van der Waals surface area contributed by atoms with E-state index in [0.29, 0.717) is 5.56 Å². The summed E-state index contributed by atoms with van der Waals surface area (Å²) < 4.78 is 0. The third-order valence-electron chi connectivity index (χ3n) is 4.67. The zero-order valence-electron chi connectivity index (χ0n) is 15.5. The van der Waals surface area contributed by atoms with Gasteiger partial charge in [0.05, 0.1) is 22.5 Å². The second kappa shape index (κ2) is 7.16. The molecular formula is C23H16N2O4. The van der Waals surface area contributed by atoms with Gasteiger partial charge in [0.15, 0.2) is 11.6 Å². The fraction of sp³-hybridized carbons (Fsp3) is 0.0435. The maximum atomic E-state index is 13.2. The van der Waals surface area contributed by atoms with Crippen molar-refractivity contribution < 1.29 is 19.2 Å². The average molecular weight is 384 g/mol. The van der Waals surface area contributed by atoms with Gasteiger partial charge in [-0.15, -0.1) is 0 Å². The molecule has 0 fully saturated rings. The zero-order chi connectivity index (χ0) is 20.5. The topological polar surface area (TPSA) is 92.3 Å². The van der Waals surface area contributed by atoms with Crippen LogP contribution in [-0.2, 0) is 4.79 Å². The average Bonchev–Trinajstić information content (AvgIpc) is 2.72. The van der Waals surface area contributed by atoms with Gasteiger partial charge in [-0.3, -0.25) is 19.2 Å². The van der Waals surface area contributed by atoms with Crippen LogP contribution in [0.15, 0.2) is 66.7 Å². The van der Waals surface area contributed by atoms with Crippen molar-refractivity contribution in [1.82, 2.24) is 0 Å². The van der Waals surface area contributed by atoms with E-state index in [1.807, 2.05) is 0 Å². The Labute approximate surface area is 166 Å². The van der Waals surface area contributed by atoms with Crippen LogP contribution >= 0.6 is 0 Å². The van der Waals surface area contributed by atoms with Gasteiger partial charge in [0.25, 0.3) is 5.91 Å². The van der Waals surface area contributed by atoms with Gasteiger partial charge >= 0.3 is 0 Å². The molecular weight excluding hydrogens is 368 g/mol. The Morgan fingerprint density at radius 1 is 0.655 bits per heavy atom. The minimum absolute atomic E-state index is 0.147. The van der Waals surface area contributed by atoms with Gasteiger partial charge in [0.2, 0.25) is 5.91 Å². The van der Waals surface area contributed by atoms with Gasteiger partial charge in [0.1, 0.15) is 0 Å². The lowest BCUT2D eigenvalue weighted by atomic mass is 9.82. The maximum absolute atomic E-state index is 13.2. The number of hydrogen-bond acceptors (Lipinski definition) is 4. The molecule has 6 nitrogen and oxygen atoms in total. The van der Waals surface area contributed by atoms with Crippen molar-refractivity contribution in [2.45, 2.75) is 6.92 Å². The van der Waals surface area contributed by atoms with Crippen LogP contribution in [0, 0.1) is 0 Å². The Balaban J connectivity index is 1.79. The molecule has 4 rings (SSSR count). The molecule has 142 valence electrons. The minimum atomic E-state index is -0.384. The molecule has 0 bridgehead atoms. The van der Waals surface area contributed by atoms with E-state index in [1.54, 1.807) is 66.7 Å². The summed E-state index contributed by atoms with van der Waals surface area (Å²) in [7, 11) is 0. The molecule has 0 heterocycles. The fourth-order valence-corrected chi connectivity index (χ4v) is 3.42. The molecule has 29 heavy (non-hydrogen) atoms. The summed E-state index contributed by atoms with van der Waals surface area (Å²) in [4.78, 5) is 50.4. The van der Waals surface area contributed by atoms with Gasteiger partial charge in [-0.1, -0.05) is 42.5 Å². The van der Waals surface area contributed by atoms with Gasteiger partial charge in [0, 0.05) is 23.6 Å². The molecule has 6 heteroatoms. The molecule has 0 aromatic heterocycles. The Hall–Kier alpha value is -4.06. The molecule has 1 aliphatic rings. The number of hydrogen-bond donors (Lipinski definition) is 2. The Morgan fingerprint density at radius 3 is 1.69 bits per heavy atom. The molecule has 2 N–H and O–H groups in total. The number of rotatable bonds is 3. The van der Waals surface area contributed by atoms with E-state index in [9.17, 15) is 19.2 Å². The molecule has 0 atom stereocenters. The molecule has 2 amide bonds. The van der Waals surface area contributed by atoms with E-state index in [-0.39, 0.29) is 57.0 Å². The number of carbonyl (C=O) groups excluding carboxylic acids is 4. The number of anilines is 2. The van der Waals surface area contributed by atoms with Crippen molar-refractivity contribution in [3.05, 3.63) is 94.5 Å². The number of ketones is 2. The number of benzene rings is 3. The molecule has 1 aliphatic carbocycles. The summed E-state index contributed by atoms with van der Waals surface area (Å²) >= 11 is 0. The lowest BCUT2D eigenvalue weighted by Gasteiger charge is -2.22. The lowest BCUT2D eigenvalue weighted by molar-refractivity contribution is -0.114.